The highest BCUT2D eigenvalue weighted by Crippen LogP contribution is 2.32. The first-order chi connectivity index (χ1) is 8.31. The lowest BCUT2D eigenvalue weighted by atomic mass is 10.1. The normalized spacial score (nSPS) is 17.3. The van der Waals surface area contributed by atoms with Gasteiger partial charge in [-0.15, -0.1) is 0 Å². The largest absolute Gasteiger partial charge is 0.383 e. The molecule has 96 valence electrons. The second kappa shape index (κ2) is 6.17. The number of H-pyrrole nitrogens is 1. The lowest BCUT2D eigenvalue weighted by Crippen LogP contribution is -2.35. The average Bonchev–Trinajstić information content (AvgIpc) is 3.08. The Hall–Kier alpha value is -0.870. The number of hydrogen-bond donors (Lipinski definition) is 2. The summed E-state index contributed by atoms with van der Waals surface area (Å²) in [6.45, 7) is 3.98. The van der Waals surface area contributed by atoms with E-state index in [1.165, 1.54) is 24.1 Å². The standard InChI is InChI=1S/C13H23N3O/c1-10-12(8-15-16-10)4-3-7-14-13(9-17-2)11-5-6-11/h8,11,13-14H,3-7,9H2,1-2H3,(H,15,16). The number of hydrogen-bond acceptors (Lipinski definition) is 3. The number of rotatable bonds is 8. The molecule has 0 amide bonds. The lowest BCUT2D eigenvalue weighted by molar-refractivity contribution is 0.157. The quantitative estimate of drug-likeness (QED) is 0.676. The van der Waals surface area contributed by atoms with Crippen molar-refractivity contribution in [2.45, 2.75) is 38.6 Å². The van der Waals surface area contributed by atoms with Crippen molar-refractivity contribution in [3.05, 3.63) is 17.5 Å². The molecular formula is C13H23N3O. The molecule has 0 spiro atoms. The van der Waals surface area contributed by atoms with Gasteiger partial charge < -0.3 is 10.1 Å². The second-order valence-corrected chi connectivity index (χ2v) is 4.98. The molecule has 1 heterocycles. The van der Waals surface area contributed by atoms with Gasteiger partial charge >= 0.3 is 0 Å². The molecule has 1 aromatic rings. The molecule has 0 bridgehead atoms. The van der Waals surface area contributed by atoms with Crippen LogP contribution in [0.5, 0.6) is 0 Å². The Morgan fingerprint density at radius 2 is 2.41 bits per heavy atom. The third-order valence-electron chi connectivity index (χ3n) is 3.50. The van der Waals surface area contributed by atoms with E-state index in [1.807, 2.05) is 6.20 Å². The zero-order chi connectivity index (χ0) is 12.1. The van der Waals surface area contributed by atoms with Crippen LogP contribution in [0.1, 0.15) is 30.5 Å². The second-order valence-electron chi connectivity index (χ2n) is 4.98. The number of ether oxygens (including phenoxy) is 1. The van der Waals surface area contributed by atoms with Crippen LogP contribution in [0.3, 0.4) is 0 Å². The highest BCUT2D eigenvalue weighted by atomic mass is 16.5. The highest BCUT2D eigenvalue weighted by Gasteiger charge is 2.30. The Balaban J connectivity index is 1.63. The van der Waals surface area contributed by atoms with E-state index in [2.05, 4.69) is 22.4 Å². The summed E-state index contributed by atoms with van der Waals surface area (Å²) in [4.78, 5) is 0. The summed E-state index contributed by atoms with van der Waals surface area (Å²) in [6, 6.07) is 0.561. The highest BCUT2D eigenvalue weighted by molar-refractivity contribution is 5.14. The topological polar surface area (TPSA) is 49.9 Å². The van der Waals surface area contributed by atoms with E-state index < -0.39 is 0 Å². The number of nitrogens with zero attached hydrogens (tertiary/aromatic N) is 1. The summed E-state index contributed by atoms with van der Waals surface area (Å²) >= 11 is 0. The molecule has 1 aliphatic rings. The molecule has 2 rings (SSSR count). The van der Waals surface area contributed by atoms with Crippen molar-refractivity contribution >= 4 is 0 Å². The zero-order valence-electron chi connectivity index (χ0n) is 10.8. The van der Waals surface area contributed by atoms with Gasteiger partial charge in [-0.25, -0.2) is 0 Å². The zero-order valence-corrected chi connectivity index (χ0v) is 10.8. The summed E-state index contributed by atoms with van der Waals surface area (Å²) in [5.41, 5.74) is 2.53. The van der Waals surface area contributed by atoms with Gasteiger partial charge in [0, 0.05) is 18.8 Å². The Morgan fingerprint density at radius 3 is 3.00 bits per heavy atom. The SMILES string of the molecule is COCC(NCCCc1cn[nH]c1C)C1CC1. The number of aromatic nitrogens is 2. The summed E-state index contributed by atoms with van der Waals surface area (Å²) in [7, 11) is 1.78. The summed E-state index contributed by atoms with van der Waals surface area (Å²) in [5, 5.41) is 10.6. The van der Waals surface area contributed by atoms with Crippen LogP contribution in [0.15, 0.2) is 6.20 Å². The van der Waals surface area contributed by atoms with Crippen molar-refractivity contribution in [2.75, 3.05) is 20.3 Å². The number of aryl methyl sites for hydroxylation is 2. The van der Waals surface area contributed by atoms with E-state index in [9.17, 15) is 0 Å². The number of methoxy groups -OCH3 is 1. The maximum atomic E-state index is 5.25. The molecule has 4 heteroatoms. The molecule has 0 saturated heterocycles. The monoisotopic (exact) mass is 237 g/mol. The molecule has 0 aromatic carbocycles. The van der Waals surface area contributed by atoms with Crippen molar-refractivity contribution < 1.29 is 4.74 Å². The fourth-order valence-corrected chi connectivity index (χ4v) is 2.23. The first kappa shape index (κ1) is 12.6. The van der Waals surface area contributed by atoms with Crippen molar-refractivity contribution in [3.63, 3.8) is 0 Å². The molecule has 17 heavy (non-hydrogen) atoms. The molecule has 1 aliphatic carbocycles. The van der Waals surface area contributed by atoms with E-state index in [4.69, 9.17) is 4.74 Å². The molecular weight excluding hydrogens is 214 g/mol. The van der Waals surface area contributed by atoms with Crippen LogP contribution in [0, 0.1) is 12.8 Å². The van der Waals surface area contributed by atoms with Crippen LogP contribution in [0.4, 0.5) is 0 Å². The molecule has 2 N–H and O–H groups in total. The van der Waals surface area contributed by atoms with Gasteiger partial charge in [0.2, 0.25) is 0 Å². The van der Waals surface area contributed by atoms with Crippen molar-refractivity contribution in [1.82, 2.24) is 15.5 Å². The molecule has 1 unspecified atom stereocenters. The average molecular weight is 237 g/mol. The van der Waals surface area contributed by atoms with Gasteiger partial charge in [0.05, 0.1) is 12.8 Å². The Morgan fingerprint density at radius 1 is 1.59 bits per heavy atom. The first-order valence-electron chi connectivity index (χ1n) is 6.52. The number of aromatic amines is 1. The predicted octanol–water partition coefficient (Wildman–Crippen LogP) is 1.67. The Kier molecular flexibility index (Phi) is 4.57. The number of nitrogens with one attached hydrogen (secondary N) is 2. The van der Waals surface area contributed by atoms with Gasteiger partial charge in [0.1, 0.15) is 0 Å². The smallest absolute Gasteiger partial charge is 0.0618 e. The molecule has 1 aromatic heterocycles. The molecule has 1 atom stereocenters. The van der Waals surface area contributed by atoms with E-state index in [-0.39, 0.29) is 0 Å². The summed E-state index contributed by atoms with van der Waals surface area (Å²) in [5.74, 6) is 0.852. The molecule has 1 fully saturated rings. The van der Waals surface area contributed by atoms with Crippen molar-refractivity contribution in [3.8, 4) is 0 Å². The Bertz CT molecular complexity index is 333. The van der Waals surface area contributed by atoms with E-state index >= 15 is 0 Å². The van der Waals surface area contributed by atoms with Crippen LogP contribution < -0.4 is 5.32 Å². The van der Waals surface area contributed by atoms with Gasteiger partial charge in [-0.2, -0.15) is 5.10 Å². The predicted molar refractivity (Wildman–Crippen MR) is 68.0 cm³/mol. The van der Waals surface area contributed by atoms with Gasteiger partial charge in [-0.05, 0) is 50.6 Å². The van der Waals surface area contributed by atoms with Gasteiger partial charge in [-0.3, -0.25) is 5.10 Å². The molecule has 0 aliphatic heterocycles. The van der Waals surface area contributed by atoms with E-state index in [0.717, 1.165) is 31.9 Å². The van der Waals surface area contributed by atoms with Crippen LogP contribution in [-0.4, -0.2) is 36.5 Å². The maximum Gasteiger partial charge on any atom is 0.0618 e. The van der Waals surface area contributed by atoms with Gasteiger partial charge in [0.25, 0.3) is 0 Å². The third-order valence-corrected chi connectivity index (χ3v) is 3.50. The van der Waals surface area contributed by atoms with E-state index in [0.29, 0.717) is 6.04 Å². The minimum atomic E-state index is 0.561. The van der Waals surface area contributed by atoms with Crippen LogP contribution in [-0.2, 0) is 11.2 Å². The van der Waals surface area contributed by atoms with Crippen molar-refractivity contribution in [1.29, 1.82) is 0 Å². The first-order valence-corrected chi connectivity index (χ1v) is 6.52. The van der Waals surface area contributed by atoms with Crippen LogP contribution >= 0.6 is 0 Å². The van der Waals surface area contributed by atoms with E-state index in [1.54, 1.807) is 7.11 Å². The molecule has 0 radical (unpaired) electrons. The Labute approximate surface area is 103 Å². The fourth-order valence-electron chi connectivity index (χ4n) is 2.23. The maximum absolute atomic E-state index is 5.25. The lowest BCUT2D eigenvalue weighted by Gasteiger charge is -2.17. The fraction of sp³-hybridized carbons (Fsp3) is 0.769. The summed E-state index contributed by atoms with van der Waals surface area (Å²) in [6.07, 6.45) is 6.92. The van der Waals surface area contributed by atoms with Crippen LogP contribution in [0.25, 0.3) is 0 Å². The minimum absolute atomic E-state index is 0.561. The van der Waals surface area contributed by atoms with Crippen molar-refractivity contribution in [2.24, 2.45) is 5.92 Å². The minimum Gasteiger partial charge on any atom is -0.383 e. The van der Waals surface area contributed by atoms with Crippen LogP contribution in [0.2, 0.25) is 0 Å². The molecule has 1 saturated carbocycles. The third kappa shape index (κ3) is 3.82. The van der Waals surface area contributed by atoms with Gasteiger partial charge in [-0.1, -0.05) is 0 Å². The van der Waals surface area contributed by atoms with Gasteiger partial charge in [0.15, 0.2) is 0 Å². The molecule has 4 nitrogen and oxygen atoms in total. The summed E-state index contributed by atoms with van der Waals surface area (Å²) < 4.78 is 5.25.